The summed E-state index contributed by atoms with van der Waals surface area (Å²) in [5.74, 6) is 0.473. The highest BCUT2D eigenvalue weighted by Gasteiger charge is 2.13. The molecule has 1 aromatic rings. The minimum absolute atomic E-state index is 0.00578. The Morgan fingerprint density at radius 3 is 2.87 bits per heavy atom. The average Bonchev–Trinajstić information content (AvgIpc) is 2.26. The molecule has 0 bridgehead atoms. The first kappa shape index (κ1) is 11.2. The van der Waals surface area contributed by atoms with Crippen LogP contribution in [0, 0.1) is 16.0 Å². The smallest absolute Gasteiger partial charge is 0.310 e. The van der Waals surface area contributed by atoms with Crippen molar-refractivity contribution in [3.63, 3.8) is 0 Å². The van der Waals surface area contributed by atoms with Crippen LogP contribution in [0.2, 0.25) is 0 Å². The predicted octanol–water partition coefficient (Wildman–Crippen LogP) is 2.80. The molecule has 0 amide bonds. The van der Waals surface area contributed by atoms with Crippen molar-refractivity contribution in [1.29, 1.82) is 0 Å². The fourth-order valence-electron chi connectivity index (χ4n) is 1.02. The Morgan fingerprint density at radius 2 is 2.27 bits per heavy atom. The molecule has 0 radical (unpaired) electrons. The number of nitro groups is 1. The Kier molecular flexibility index (Phi) is 3.85. The van der Waals surface area contributed by atoms with E-state index in [9.17, 15) is 10.1 Å². The van der Waals surface area contributed by atoms with E-state index in [0.717, 1.165) is 0 Å². The molecule has 1 rings (SSSR count). The Balaban J connectivity index is 2.76. The molecule has 0 fully saturated rings. The van der Waals surface area contributed by atoms with Crippen LogP contribution >= 0.6 is 0 Å². The van der Waals surface area contributed by atoms with Crippen LogP contribution in [0.4, 0.5) is 5.69 Å². The Labute approximate surface area is 88.3 Å². The highest BCUT2D eigenvalue weighted by molar-refractivity contribution is 5.45. The normalized spacial score (nSPS) is 11.8. The molecule has 0 saturated heterocycles. The molecule has 0 saturated carbocycles. The molecule has 15 heavy (non-hydrogen) atoms. The van der Waals surface area contributed by atoms with Gasteiger partial charge in [-0.2, -0.15) is 0 Å². The molecule has 4 heteroatoms. The van der Waals surface area contributed by atoms with Gasteiger partial charge in [0.05, 0.1) is 11.5 Å². The lowest BCUT2D eigenvalue weighted by atomic mass is 10.2. The number of para-hydroxylation sites is 2. The van der Waals surface area contributed by atoms with Gasteiger partial charge in [0.15, 0.2) is 5.75 Å². The number of ether oxygens (including phenoxy) is 1. The number of benzene rings is 1. The molecule has 0 aromatic heterocycles. The van der Waals surface area contributed by atoms with Crippen LogP contribution in [0.25, 0.3) is 0 Å². The Morgan fingerprint density at radius 1 is 1.60 bits per heavy atom. The summed E-state index contributed by atoms with van der Waals surface area (Å²) >= 11 is 0. The van der Waals surface area contributed by atoms with Gasteiger partial charge in [-0.3, -0.25) is 10.1 Å². The highest BCUT2D eigenvalue weighted by Crippen LogP contribution is 2.26. The number of nitro benzene ring substituents is 1. The van der Waals surface area contributed by atoms with Crippen LogP contribution in [-0.2, 0) is 0 Å². The van der Waals surface area contributed by atoms with Gasteiger partial charge in [0, 0.05) is 12.0 Å². The SMILES string of the molecule is C=CC(C)COc1ccccc1[N+](=O)[O-]. The summed E-state index contributed by atoms with van der Waals surface area (Å²) in [6.45, 7) is 5.95. The van der Waals surface area contributed by atoms with Gasteiger partial charge in [0.2, 0.25) is 0 Å². The second-order valence-corrected chi connectivity index (χ2v) is 3.25. The van der Waals surface area contributed by atoms with Crippen LogP contribution in [0.3, 0.4) is 0 Å². The Hall–Kier alpha value is -1.84. The van der Waals surface area contributed by atoms with E-state index in [-0.39, 0.29) is 11.6 Å². The van der Waals surface area contributed by atoms with Gasteiger partial charge in [-0.05, 0) is 6.07 Å². The van der Waals surface area contributed by atoms with Crippen molar-refractivity contribution in [3.05, 3.63) is 47.0 Å². The molecule has 80 valence electrons. The lowest BCUT2D eigenvalue weighted by Gasteiger charge is -2.08. The summed E-state index contributed by atoms with van der Waals surface area (Å²) in [6.07, 6.45) is 1.74. The topological polar surface area (TPSA) is 52.4 Å². The van der Waals surface area contributed by atoms with Gasteiger partial charge in [0.1, 0.15) is 0 Å². The molecule has 1 aromatic carbocycles. The third kappa shape index (κ3) is 3.09. The average molecular weight is 207 g/mol. The zero-order chi connectivity index (χ0) is 11.3. The van der Waals surface area contributed by atoms with Crippen molar-refractivity contribution >= 4 is 5.69 Å². The van der Waals surface area contributed by atoms with Crippen molar-refractivity contribution in [2.45, 2.75) is 6.92 Å². The highest BCUT2D eigenvalue weighted by atomic mass is 16.6. The quantitative estimate of drug-likeness (QED) is 0.424. The maximum absolute atomic E-state index is 10.6. The van der Waals surface area contributed by atoms with Crippen molar-refractivity contribution in [1.82, 2.24) is 0 Å². The fraction of sp³-hybridized carbons (Fsp3) is 0.273. The third-order valence-electron chi connectivity index (χ3n) is 1.97. The maximum Gasteiger partial charge on any atom is 0.310 e. The first-order valence-electron chi connectivity index (χ1n) is 4.64. The summed E-state index contributed by atoms with van der Waals surface area (Å²) in [7, 11) is 0. The van der Waals surface area contributed by atoms with Crippen molar-refractivity contribution in [3.8, 4) is 5.75 Å². The van der Waals surface area contributed by atoms with E-state index in [2.05, 4.69) is 6.58 Å². The third-order valence-corrected chi connectivity index (χ3v) is 1.97. The fourth-order valence-corrected chi connectivity index (χ4v) is 1.02. The van der Waals surface area contributed by atoms with Crippen LogP contribution < -0.4 is 4.74 Å². The molecule has 0 aliphatic heterocycles. The molecule has 1 unspecified atom stereocenters. The van der Waals surface area contributed by atoms with Gasteiger partial charge >= 0.3 is 5.69 Å². The van der Waals surface area contributed by atoms with E-state index in [1.54, 1.807) is 24.3 Å². The first-order valence-corrected chi connectivity index (χ1v) is 4.64. The van der Waals surface area contributed by atoms with Gasteiger partial charge in [0.25, 0.3) is 0 Å². The number of nitrogens with zero attached hydrogens (tertiary/aromatic N) is 1. The molecule has 0 aliphatic rings. The molecule has 4 nitrogen and oxygen atoms in total. The second-order valence-electron chi connectivity index (χ2n) is 3.25. The number of hydrogen-bond acceptors (Lipinski definition) is 3. The van der Waals surface area contributed by atoms with Crippen LogP contribution in [0.5, 0.6) is 5.75 Å². The minimum Gasteiger partial charge on any atom is -0.486 e. The second kappa shape index (κ2) is 5.14. The van der Waals surface area contributed by atoms with Gasteiger partial charge in [-0.1, -0.05) is 25.1 Å². The van der Waals surface area contributed by atoms with Crippen LogP contribution in [0.15, 0.2) is 36.9 Å². The lowest BCUT2D eigenvalue weighted by molar-refractivity contribution is -0.385. The summed E-state index contributed by atoms with van der Waals surface area (Å²) in [6, 6.07) is 6.34. The minimum atomic E-state index is -0.450. The van der Waals surface area contributed by atoms with E-state index in [4.69, 9.17) is 4.74 Å². The zero-order valence-electron chi connectivity index (χ0n) is 8.55. The van der Waals surface area contributed by atoms with Gasteiger partial charge in [-0.25, -0.2) is 0 Å². The number of rotatable bonds is 5. The molecular formula is C11H13NO3. The van der Waals surface area contributed by atoms with Gasteiger partial charge in [-0.15, -0.1) is 6.58 Å². The Bertz CT molecular complexity index is 363. The molecular weight excluding hydrogens is 194 g/mol. The standard InChI is InChI=1S/C11H13NO3/c1-3-9(2)8-15-11-7-5-4-6-10(11)12(13)14/h3-7,9H,1,8H2,2H3. The maximum atomic E-state index is 10.6. The monoisotopic (exact) mass is 207 g/mol. The molecule has 0 N–H and O–H groups in total. The lowest BCUT2D eigenvalue weighted by Crippen LogP contribution is -2.06. The summed E-state index contributed by atoms with van der Waals surface area (Å²) in [5, 5.41) is 10.6. The van der Waals surface area contributed by atoms with Crippen LogP contribution in [-0.4, -0.2) is 11.5 Å². The molecule has 1 atom stereocenters. The van der Waals surface area contributed by atoms with Crippen molar-refractivity contribution < 1.29 is 9.66 Å². The molecule has 0 aliphatic carbocycles. The van der Waals surface area contributed by atoms with E-state index in [1.165, 1.54) is 6.07 Å². The van der Waals surface area contributed by atoms with E-state index in [1.807, 2.05) is 6.92 Å². The van der Waals surface area contributed by atoms with Crippen molar-refractivity contribution in [2.75, 3.05) is 6.61 Å². The predicted molar refractivity (Wildman–Crippen MR) is 58.0 cm³/mol. The van der Waals surface area contributed by atoms with E-state index >= 15 is 0 Å². The van der Waals surface area contributed by atoms with Crippen molar-refractivity contribution in [2.24, 2.45) is 5.92 Å². The zero-order valence-corrected chi connectivity index (χ0v) is 8.55. The molecule has 0 spiro atoms. The largest absolute Gasteiger partial charge is 0.486 e. The number of hydrogen-bond donors (Lipinski definition) is 0. The summed E-state index contributed by atoms with van der Waals surface area (Å²) < 4.78 is 5.34. The van der Waals surface area contributed by atoms with E-state index in [0.29, 0.717) is 12.4 Å². The molecule has 0 heterocycles. The summed E-state index contributed by atoms with van der Waals surface area (Å²) in [5.41, 5.74) is -0.00578. The summed E-state index contributed by atoms with van der Waals surface area (Å²) in [4.78, 5) is 10.2. The first-order chi connectivity index (χ1) is 7.15. The van der Waals surface area contributed by atoms with Crippen LogP contribution in [0.1, 0.15) is 6.92 Å². The van der Waals surface area contributed by atoms with E-state index < -0.39 is 4.92 Å². The van der Waals surface area contributed by atoms with Gasteiger partial charge < -0.3 is 4.74 Å².